The van der Waals surface area contributed by atoms with E-state index in [1.54, 1.807) is 0 Å². The molecule has 2 unspecified atom stereocenters. The van der Waals surface area contributed by atoms with E-state index in [-0.39, 0.29) is 30.5 Å². The molecule has 170 valence electrons. The first-order valence-corrected chi connectivity index (χ1v) is 10.8. The maximum Gasteiger partial charge on any atom is 0.308 e. The van der Waals surface area contributed by atoms with Crippen LogP contribution < -0.4 is 5.32 Å². The lowest BCUT2D eigenvalue weighted by Gasteiger charge is -2.40. The standard InChI is InChI=1S/C23H38N2O5/c1-16-8-9-17(2)25(16)13-11-20(26)24-12-10-18-14-19(29-23(6,7)28-18)15-21(27)30-22(3,4)5/h8-9,18-19H,10-15H2,1-7H3,(H,24,26). The quantitative estimate of drug-likeness (QED) is 0.647. The highest BCUT2D eigenvalue weighted by molar-refractivity contribution is 5.75. The normalized spacial score (nSPS) is 21.3. The maximum atomic E-state index is 12.2. The van der Waals surface area contributed by atoms with Crippen molar-refractivity contribution >= 4 is 11.9 Å². The van der Waals surface area contributed by atoms with Crippen molar-refractivity contribution in [3.8, 4) is 0 Å². The lowest BCUT2D eigenvalue weighted by Crippen LogP contribution is -2.46. The zero-order valence-corrected chi connectivity index (χ0v) is 19.5. The van der Waals surface area contributed by atoms with Crippen molar-refractivity contribution in [2.75, 3.05) is 6.54 Å². The number of esters is 1. The predicted molar refractivity (Wildman–Crippen MR) is 115 cm³/mol. The van der Waals surface area contributed by atoms with Crippen molar-refractivity contribution in [2.45, 2.75) is 104 Å². The number of nitrogens with zero attached hydrogens (tertiary/aromatic N) is 1. The average Bonchev–Trinajstić information content (AvgIpc) is 2.88. The summed E-state index contributed by atoms with van der Waals surface area (Å²) in [5.74, 6) is -1.02. The van der Waals surface area contributed by atoms with Gasteiger partial charge in [0.25, 0.3) is 0 Å². The van der Waals surface area contributed by atoms with Crippen molar-refractivity contribution in [2.24, 2.45) is 0 Å². The molecule has 7 nitrogen and oxygen atoms in total. The monoisotopic (exact) mass is 422 g/mol. The molecule has 0 aliphatic carbocycles. The molecule has 1 aliphatic heterocycles. The Morgan fingerprint density at radius 1 is 1.17 bits per heavy atom. The van der Waals surface area contributed by atoms with Gasteiger partial charge in [-0.2, -0.15) is 0 Å². The van der Waals surface area contributed by atoms with Crippen molar-refractivity contribution < 1.29 is 23.8 Å². The summed E-state index contributed by atoms with van der Waals surface area (Å²) in [7, 11) is 0. The Labute approximate surface area is 180 Å². The number of aromatic nitrogens is 1. The number of ether oxygens (including phenoxy) is 3. The van der Waals surface area contributed by atoms with Crippen LogP contribution in [-0.2, 0) is 30.3 Å². The lowest BCUT2D eigenvalue weighted by atomic mass is 10.0. The fraction of sp³-hybridized carbons (Fsp3) is 0.739. The molecule has 2 atom stereocenters. The number of hydrogen-bond acceptors (Lipinski definition) is 5. The third-order valence-corrected chi connectivity index (χ3v) is 5.01. The maximum absolute atomic E-state index is 12.2. The van der Waals surface area contributed by atoms with Gasteiger partial charge >= 0.3 is 5.97 Å². The molecule has 1 aromatic heterocycles. The molecule has 2 rings (SSSR count). The Morgan fingerprint density at radius 3 is 2.37 bits per heavy atom. The number of aryl methyl sites for hydroxylation is 2. The van der Waals surface area contributed by atoms with Crippen LogP contribution in [0.4, 0.5) is 0 Å². The van der Waals surface area contributed by atoms with Gasteiger partial charge in [0.05, 0.1) is 18.6 Å². The topological polar surface area (TPSA) is 78.8 Å². The van der Waals surface area contributed by atoms with Crippen LogP contribution >= 0.6 is 0 Å². The third-order valence-electron chi connectivity index (χ3n) is 5.01. The molecule has 1 fully saturated rings. The van der Waals surface area contributed by atoms with Crippen LogP contribution in [0.15, 0.2) is 12.1 Å². The van der Waals surface area contributed by atoms with Crippen molar-refractivity contribution in [1.29, 1.82) is 0 Å². The van der Waals surface area contributed by atoms with Crippen molar-refractivity contribution in [1.82, 2.24) is 9.88 Å². The van der Waals surface area contributed by atoms with E-state index in [9.17, 15) is 9.59 Å². The summed E-state index contributed by atoms with van der Waals surface area (Å²) in [5.41, 5.74) is 1.81. The summed E-state index contributed by atoms with van der Waals surface area (Å²) in [6.45, 7) is 14.5. The van der Waals surface area contributed by atoms with Gasteiger partial charge < -0.3 is 24.1 Å². The average molecular weight is 423 g/mol. The van der Waals surface area contributed by atoms with E-state index >= 15 is 0 Å². The van der Waals surface area contributed by atoms with Crippen molar-refractivity contribution in [3.05, 3.63) is 23.5 Å². The van der Waals surface area contributed by atoms with Gasteiger partial charge in [-0.15, -0.1) is 0 Å². The molecule has 30 heavy (non-hydrogen) atoms. The minimum atomic E-state index is -0.775. The summed E-state index contributed by atoms with van der Waals surface area (Å²) in [5, 5.41) is 2.98. The summed E-state index contributed by atoms with van der Waals surface area (Å²) < 4.78 is 19.5. The largest absolute Gasteiger partial charge is 0.460 e. The van der Waals surface area contributed by atoms with E-state index in [4.69, 9.17) is 14.2 Å². The van der Waals surface area contributed by atoms with Crippen LogP contribution in [0.2, 0.25) is 0 Å². The first-order valence-electron chi connectivity index (χ1n) is 10.8. The van der Waals surface area contributed by atoms with Crippen LogP contribution in [0.1, 0.15) is 71.7 Å². The van der Waals surface area contributed by atoms with E-state index in [2.05, 4.69) is 22.0 Å². The van der Waals surface area contributed by atoms with E-state index < -0.39 is 11.4 Å². The number of amides is 1. The molecule has 0 aromatic carbocycles. The molecule has 1 N–H and O–H groups in total. The van der Waals surface area contributed by atoms with E-state index in [0.29, 0.717) is 32.4 Å². The van der Waals surface area contributed by atoms with Crippen LogP contribution in [0.3, 0.4) is 0 Å². The Bertz CT molecular complexity index is 713. The van der Waals surface area contributed by atoms with Gasteiger partial charge in [0.2, 0.25) is 5.91 Å². The second kappa shape index (κ2) is 9.96. The number of hydrogen-bond donors (Lipinski definition) is 1. The highest BCUT2D eigenvalue weighted by atomic mass is 16.7. The predicted octanol–water partition coefficient (Wildman–Crippen LogP) is 3.64. The van der Waals surface area contributed by atoms with Crippen molar-refractivity contribution in [3.63, 3.8) is 0 Å². The minimum absolute atomic E-state index is 0.0270. The van der Waals surface area contributed by atoms with E-state index in [0.717, 1.165) is 11.4 Å². The molecule has 1 amide bonds. The van der Waals surface area contributed by atoms with E-state index in [1.165, 1.54) is 0 Å². The summed E-state index contributed by atoms with van der Waals surface area (Å²) in [4.78, 5) is 24.4. The fourth-order valence-corrected chi connectivity index (χ4v) is 3.82. The van der Waals surface area contributed by atoms with Gasteiger partial charge in [-0.1, -0.05) is 0 Å². The number of nitrogens with one attached hydrogen (secondary N) is 1. The highest BCUT2D eigenvalue weighted by Gasteiger charge is 2.36. The van der Waals surface area contributed by atoms with Gasteiger partial charge in [0.1, 0.15) is 5.60 Å². The number of carbonyl (C=O) groups excluding carboxylic acids is 2. The van der Waals surface area contributed by atoms with Gasteiger partial charge in [0, 0.05) is 37.3 Å². The smallest absolute Gasteiger partial charge is 0.308 e. The van der Waals surface area contributed by atoms with Gasteiger partial charge in [-0.3, -0.25) is 9.59 Å². The molecule has 0 bridgehead atoms. The summed E-state index contributed by atoms with van der Waals surface area (Å²) in [6, 6.07) is 4.12. The second-order valence-electron chi connectivity index (χ2n) is 9.56. The number of carbonyl (C=O) groups is 2. The summed E-state index contributed by atoms with van der Waals surface area (Å²) >= 11 is 0. The molecule has 1 aromatic rings. The Kier molecular flexibility index (Phi) is 8.11. The summed E-state index contributed by atoms with van der Waals surface area (Å²) in [6.07, 6.45) is 1.56. The minimum Gasteiger partial charge on any atom is -0.460 e. The van der Waals surface area contributed by atoms with Gasteiger partial charge in [-0.05, 0) is 67.0 Å². The third kappa shape index (κ3) is 8.11. The molecule has 0 spiro atoms. The fourth-order valence-electron chi connectivity index (χ4n) is 3.82. The van der Waals surface area contributed by atoms with Gasteiger partial charge in [0.15, 0.2) is 5.79 Å². The molecule has 0 saturated carbocycles. The molecule has 1 aliphatic rings. The Morgan fingerprint density at radius 2 is 1.77 bits per heavy atom. The molecular weight excluding hydrogens is 384 g/mol. The molecule has 1 saturated heterocycles. The molecule has 0 radical (unpaired) electrons. The van der Waals surface area contributed by atoms with Crippen LogP contribution in [-0.4, -0.2) is 46.6 Å². The zero-order chi connectivity index (χ0) is 22.5. The van der Waals surface area contributed by atoms with E-state index in [1.807, 2.05) is 48.5 Å². The SMILES string of the molecule is Cc1ccc(C)n1CCC(=O)NCCC1CC(CC(=O)OC(C)(C)C)OC(C)(C)O1. The lowest BCUT2D eigenvalue weighted by molar-refractivity contribution is -0.300. The van der Waals surface area contributed by atoms with Gasteiger partial charge in [-0.25, -0.2) is 0 Å². The van der Waals surface area contributed by atoms with Crippen LogP contribution in [0.5, 0.6) is 0 Å². The Balaban J connectivity index is 1.76. The van der Waals surface area contributed by atoms with Crippen LogP contribution in [0.25, 0.3) is 0 Å². The first-order chi connectivity index (χ1) is 13.8. The molecule has 7 heteroatoms. The Hall–Kier alpha value is -1.86. The zero-order valence-electron chi connectivity index (χ0n) is 19.5. The highest BCUT2D eigenvalue weighted by Crippen LogP contribution is 2.30. The number of rotatable bonds is 8. The molecular formula is C23H38N2O5. The second-order valence-corrected chi connectivity index (χ2v) is 9.56. The van der Waals surface area contributed by atoms with Crippen LogP contribution in [0, 0.1) is 13.8 Å². The molecule has 2 heterocycles. The first kappa shape index (κ1) is 24.4.